The van der Waals surface area contributed by atoms with E-state index in [9.17, 15) is 0 Å². The van der Waals surface area contributed by atoms with Gasteiger partial charge in [-0.05, 0) is 38.7 Å². The van der Waals surface area contributed by atoms with Gasteiger partial charge in [-0.25, -0.2) is 0 Å². The molecule has 1 fully saturated rings. The number of hydrogen-bond acceptors (Lipinski definition) is 5. The van der Waals surface area contributed by atoms with Crippen LogP contribution in [0.25, 0.3) is 0 Å². The van der Waals surface area contributed by atoms with Crippen LogP contribution in [-0.2, 0) is 0 Å². The maximum absolute atomic E-state index is 5.48. The van der Waals surface area contributed by atoms with Crippen LogP contribution in [-0.4, -0.2) is 62.9 Å². The zero-order valence-electron chi connectivity index (χ0n) is 13.1. The van der Waals surface area contributed by atoms with Crippen molar-refractivity contribution in [1.29, 1.82) is 0 Å². The van der Waals surface area contributed by atoms with Crippen molar-refractivity contribution in [3.05, 3.63) is 23.8 Å². The first-order valence-corrected chi connectivity index (χ1v) is 7.67. The Labute approximate surface area is 126 Å². The zero-order valence-corrected chi connectivity index (χ0v) is 13.1. The van der Waals surface area contributed by atoms with Crippen molar-refractivity contribution in [3.8, 4) is 11.5 Å². The molecule has 2 unspecified atom stereocenters. The molecule has 5 heteroatoms. The van der Waals surface area contributed by atoms with Crippen molar-refractivity contribution in [3.63, 3.8) is 0 Å². The number of rotatable bonds is 4. The quantitative estimate of drug-likeness (QED) is 0.905. The molecular weight excluding hydrogens is 266 g/mol. The molecule has 1 saturated heterocycles. The third-order valence-electron chi connectivity index (χ3n) is 4.63. The van der Waals surface area contributed by atoms with Crippen LogP contribution in [0.5, 0.6) is 11.5 Å². The molecule has 0 aromatic heterocycles. The van der Waals surface area contributed by atoms with Crippen LogP contribution in [0.4, 0.5) is 0 Å². The monoisotopic (exact) mass is 291 g/mol. The first kappa shape index (κ1) is 14.6. The molecule has 1 aromatic rings. The van der Waals surface area contributed by atoms with Gasteiger partial charge in [0.05, 0.1) is 0 Å². The molecule has 0 amide bonds. The number of piperazine rings is 1. The van der Waals surface area contributed by atoms with Crippen molar-refractivity contribution in [1.82, 2.24) is 15.1 Å². The summed E-state index contributed by atoms with van der Waals surface area (Å²) in [4.78, 5) is 4.96. The SMILES string of the molecule is CNC(CN1CCN(C)C(C)C1)c1ccc2c(c1)OCO2. The second kappa shape index (κ2) is 6.22. The Morgan fingerprint density at radius 3 is 2.86 bits per heavy atom. The zero-order chi connectivity index (χ0) is 14.8. The topological polar surface area (TPSA) is 37.0 Å². The van der Waals surface area contributed by atoms with E-state index >= 15 is 0 Å². The molecule has 0 spiro atoms. The third-order valence-corrected chi connectivity index (χ3v) is 4.63. The van der Waals surface area contributed by atoms with Gasteiger partial charge in [0.2, 0.25) is 6.79 Å². The summed E-state index contributed by atoms with van der Waals surface area (Å²) in [6.07, 6.45) is 0. The molecule has 0 radical (unpaired) electrons. The van der Waals surface area contributed by atoms with Crippen LogP contribution in [0.3, 0.4) is 0 Å². The maximum Gasteiger partial charge on any atom is 0.231 e. The maximum atomic E-state index is 5.48. The molecule has 0 aliphatic carbocycles. The van der Waals surface area contributed by atoms with Crippen molar-refractivity contribution < 1.29 is 9.47 Å². The first-order chi connectivity index (χ1) is 10.2. The number of nitrogens with one attached hydrogen (secondary N) is 1. The Hall–Kier alpha value is -1.30. The third kappa shape index (κ3) is 3.15. The van der Waals surface area contributed by atoms with Gasteiger partial charge in [0.15, 0.2) is 11.5 Å². The predicted molar refractivity (Wildman–Crippen MR) is 82.9 cm³/mol. The number of nitrogens with zero attached hydrogens (tertiary/aromatic N) is 2. The molecule has 0 bridgehead atoms. The second-order valence-corrected chi connectivity index (χ2v) is 6.04. The second-order valence-electron chi connectivity index (χ2n) is 6.04. The highest BCUT2D eigenvalue weighted by atomic mass is 16.7. The first-order valence-electron chi connectivity index (χ1n) is 7.67. The fraction of sp³-hybridized carbons (Fsp3) is 0.625. The van der Waals surface area contributed by atoms with Gasteiger partial charge in [0.1, 0.15) is 0 Å². The van der Waals surface area contributed by atoms with Gasteiger partial charge in [0, 0.05) is 38.3 Å². The fourth-order valence-electron chi connectivity index (χ4n) is 3.04. The molecule has 2 atom stereocenters. The number of benzene rings is 1. The molecule has 2 aliphatic heterocycles. The Morgan fingerprint density at radius 1 is 1.29 bits per heavy atom. The molecule has 1 N–H and O–H groups in total. The minimum absolute atomic E-state index is 0.315. The molecule has 21 heavy (non-hydrogen) atoms. The number of ether oxygens (including phenoxy) is 2. The average molecular weight is 291 g/mol. The van der Waals surface area contributed by atoms with E-state index in [1.807, 2.05) is 13.1 Å². The summed E-state index contributed by atoms with van der Waals surface area (Å²) in [5.74, 6) is 1.71. The van der Waals surface area contributed by atoms with Crippen LogP contribution in [0.15, 0.2) is 18.2 Å². The molecular formula is C16H25N3O2. The van der Waals surface area contributed by atoms with Gasteiger partial charge in [0.25, 0.3) is 0 Å². The Bertz CT molecular complexity index is 494. The molecule has 5 nitrogen and oxygen atoms in total. The van der Waals surface area contributed by atoms with E-state index in [0.717, 1.165) is 37.7 Å². The molecule has 3 rings (SSSR count). The predicted octanol–water partition coefficient (Wildman–Crippen LogP) is 1.31. The lowest BCUT2D eigenvalue weighted by Gasteiger charge is -2.39. The van der Waals surface area contributed by atoms with Crippen molar-refractivity contribution >= 4 is 0 Å². The number of hydrogen-bond donors (Lipinski definition) is 1. The number of fused-ring (bicyclic) bond motifs is 1. The van der Waals surface area contributed by atoms with Crippen LogP contribution in [0, 0.1) is 0 Å². The van der Waals surface area contributed by atoms with Gasteiger partial charge in [-0.15, -0.1) is 0 Å². The van der Waals surface area contributed by atoms with Crippen LogP contribution in [0.1, 0.15) is 18.5 Å². The van der Waals surface area contributed by atoms with E-state index < -0.39 is 0 Å². The fourth-order valence-corrected chi connectivity index (χ4v) is 3.04. The van der Waals surface area contributed by atoms with Gasteiger partial charge >= 0.3 is 0 Å². The summed E-state index contributed by atoms with van der Waals surface area (Å²) in [5, 5.41) is 3.43. The summed E-state index contributed by atoms with van der Waals surface area (Å²) < 4.78 is 10.9. The normalized spacial score (nSPS) is 24.2. The minimum atomic E-state index is 0.315. The van der Waals surface area contributed by atoms with Crippen molar-refractivity contribution in [2.24, 2.45) is 0 Å². The smallest absolute Gasteiger partial charge is 0.231 e. The van der Waals surface area contributed by atoms with Gasteiger partial charge < -0.3 is 19.7 Å². The highest BCUT2D eigenvalue weighted by Gasteiger charge is 2.24. The Morgan fingerprint density at radius 2 is 2.10 bits per heavy atom. The van der Waals surface area contributed by atoms with E-state index in [0.29, 0.717) is 18.9 Å². The summed E-state index contributed by atoms with van der Waals surface area (Å²) in [6.45, 7) is 7.04. The summed E-state index contributed by atoms with van der Waals surface area (Å²) in [6, 6.07) is 7.18. The van der Waals surface area contributed by atoms with E-state index in [2.05, 4.69) is 41.2 Å². The highest BCUT2D eigenvalue weighted by molar-refractivity contribution is 5.45. The van der Waals surface area contributed by atoms with Gasteiger partial charge in [-0.1, -0.05) is 6.07 Å². The lowest BCUT2D eigenvalue weighted by atomic mass is 10.0. The molecule has 2 heterocycles. The highest BCUT2D eigenvalue weighted by Crippen LogP contribution is 2.34. The molecule has 0 saturated carbocycles. The lowest BCUT2D eigenvalue weighted by Crippen LogP contribution is -2.51. The van der Waals surface area contributed by atoms with E-state index in [4.69, 9.17) is 9.47 Å². The molecule has 1 aromatic carbocycles. The van der Waals surface area contributed by atoms with E-state index in [1.54, 1.807) is 0 Å². The van der Waals surface area contributed by atoms with E-state index in [-0.39, 0.29) is 0 Å². The van der Waals surface area contributed by atoms with Crippen molar-refractivity contribution in [2.75, 3.05) is 47.1 Å². The summed E-state index contributed by atoms with van der Waals surface area (Å²) in [7, 11) is 4.23. The Balaban J connectivity index is 1.68. The standard InChI is InChI=1S/C16H25N3O2/c1-12-9-19(7-6-18(12)3)10-14(17-2)13-4-5-15-16(8-13)21-11-20-15/h4-5,8,12,14,17H,6-7,9-11H2,1-3H3. The molecule has 116 valence electrons. The van der Waals surface area contributed by atoms with Crippen molar-refractivity contribution in [2.45, 2.75) is 19.0 Å². The molecule has 2 aliphatic rings. The average Bonchev–Trinajstić information content (AvgIpc) is 2.95. The van der Waals surface area contributed by atoms with Crippen LogP contribution in [0.2, 0.25) is 0 Å². The minimum Gasteiger partial charge on any atom is -0.454 e. The van der Waals surface area contributed by atoms with Crippen LogP contribution >= 0.6 is 0 Å². The van der Waals surface area contributed by atoms with Gasteiger partial charge in [-0.3, -0.25) is 4.90 Å². The van der Waals surface area contributed by atoms with Gasteiger partial charge in [-0.2, -0.15) is 0 Å². The van der Waals surface area contributed by atoms with E-state index in [1.165, 1.54) is 5.56 Å². The largest absolute Gasteiger partial charge is 0.454 e. The summed E-state index contributed by atoms with van der Waals surface area (Å²) in [5.41, 5.74) is 1.26. The number of likely N-dealkylation sites (N-methyl/N-ethyl adjacent to an activating group) is 2. The lowest BCUT2D eigenvalue weighted by molar-refractivity contribution is 0.0977. The summed E-state index contributed by atoms with van der Waals surface area (Å²) >= 11 is 0. The van der Waals surface area contributed by atoms with Crippen LogP contribution < -0.4 is 14.8 Å². The Kier molecular flexibility index (Phi) is 4.33.